The number of hydrogen-bond donors (Lipinski definition) is 2. The molecule has 24 heavy (non-hydrogen) atoms. The van der Waals surface area contributed by atoms with Crippen LogP contribution in [0.2, 0.25) is 0 Å². The van der Waals surface area contributed by atoms with E-state index >= 15 is 0 Å². The van der Waals surface area contributed by atoms with Gasteiger partial charge in [-0.15, -0.1) is 23.1 Å². The summed E-state index contributed by atoms with van der Waals surface area (Å²) in [7, 11) is 0. The lowest BCUT2D eigenvalue weighted by Crippen LogP contribution is -2.15. The number of anilines is 1. The number of Topliss-reactive ketones (excluding diaryl/α,β-unsaturated/α-hetero) is 1. The lowest BCUT2D eigenvalue weighted by atomic mass is 10.2. The first-order valence-corrected chi connectivity index (χ1v) is 9.15. The predicted octanol–water partition coefficient (Wildman–Crippen LogP) is 3.24. The maximum atomic E-state index is 12.1. The molecule has 0 fully saturated rings. The number of para-hydroxylation sites is 1. The number of carbonyl (C=O) groups is 3. The van der Waals surface area contributed by atoms with Crippen molar-refractivity contribution >= 4 is 46.4 Å². The minimum absolute atomic E-state index is 0.0281. The van der Waals surface area contributed by atoms with Crippen LogP contribution in [0.15, 0.2) is 41.3 Å². The van der Waals surface area contributed by atoms with Crippen molar-refractivity contribution in [2.24, 2.45) is 5.73 Å². The van der Waals surface area contributed by atoms with Gasteiger partial charge in [0, 0.05) is 22.6 Å². The Morgan fingerprint density at radius 3 is 2.54 bits per heavy atom. The Morgan fingerprint density at radius 2 is 1.88 bits per heavy atom. The Hall–Kier alpha value is -2.12. The first kappa shape index (κ1) is 18.2. The van der Waals surface area contributed by atoms with E-state index in [0.717, 1.165) is 9.77 Å². The number of amides is 2. The van der Waals surface area contributed by atoms with Gasteiger partial charge in [0.2, 0.25) is 11.8 Å². The molecular weight excluding hydrogens is 344 g/mol. The largest absolute Gasteiger partial charge is 0.369 e. The highest BCUT2D eigenvalue weighted by molar-refractivity contribution is 8.00. The summed E-state index contributed by atoms with van der Waals surface area (Å²) in [6, 6.07) is 10.9. The SMILES string of the molecule is Cc1ccc(C(=O)CCC(=O)Nc2ccccc2SCC(N)=O)s1. The first-order valence-electron chi connectivity index (χ1n) is 7.35. The average Bonchev–Trinajstić information content (AvgIpc) is 2.98. The molecule has 2 aromatic rings. The molecule has 5 nitrogen and oxygen atoms in total. The van der Waals surface area contributed by atoms with Crippen molar-refractivity contribution < 1.29 is 14.4 Å². The first-order chi connectivity index (χ1) is 11.5. The lowest BCUT2D eigenvalue weighted by molar-refractivity contribution is -0.116. The molecule has 2 amide bonds. The summed E-state index contributed by atoms with van der Waals surface area (Å²) in [6.07, 6.45) is 0.285. The smallest absolute Gasteiger partial charge is 0.227 e. The van der Waals surface area contributed by atoms with E-state index in [2.05, 4.69) is 5.32 Å². The number of carbonyl (C=O) groups excluding carboxylic acids is 3. The van der Waals surface area contributed by atoms with E-state index in [4.69, 9.17) is 5.73 Å². The van der Waals surface area contributed by atoms with E-state index in [0.29, 0.717) is 10.6 Å². The van der Waals surface area contributed by atoms with E-state index in [-0.39, 0.29) is 30.3 Å². The fourth-order valence-electron chi connectivity index (χ4n) is 1.99. The quantitative estimate of drug-likeness (QED) is 0.557. The molecule has 0 aliphatic rings. The molecule has 0 radical (unpaired) electrons. The van der Waals surface area contributed by atoms with E-state index in [9.17, 15) is 14.4 Å². The number of rotatable bonds is 8. The van der Waals surface area contributed by atoms with Crippen LogP contribution >= 0.6 is 23.1 Å². The molecule has 7 heteroatoms. The summed E-state index contributed by atoms with van der Waals surface area (Å²) >= 11 is 2.70. The van der Waals surface area contributed by atoms with Crippen LogP contribution in [0.3, 0.4) is 0 Å². The molecule has 0 saturated heterocycles. The predicted molar refractivity (Wildman–Crippen MR) is 97.6 cm³/mol. The third-order valence-corrected chi connectivity index (χ3v) is 5.26. The molecule has 0 aliphatic heterocycles. The summed E-state index contributed by atoms with van der Waals surface area (Å²) in [6.45, 7) is 1.94. The molecule has 2 rings (SSSR count). The molecule has 0 unspecified atom stereocenters. The van der Waals surface area contributed by atoms with Gasteiger partial charge in [-0.3, -0.25) is 14.4 Å². The maximum Gasteiger partial charge on any atom is 0.227 e. The van der Waals surface area contributed by atoms with Crippen LogP contribution in [0.1, 0.15) is 27.4 Å². The zero-order chi connectivity index (χ0) is 17.5. The highest BCUT2D eigenvalue weighted by atomic mass is 32.2. The van der Waals surface area contributed by atoms with Gasteiger partial charge >= 0.3 is 0 Å². The van der Waals surface area contributed by atoms with E-state index in [1.807, 2.05) is 25.1 Å². The Morgan fingerprint density at radius 1 is 1.12 bits per heavy atom. The maximum absolute atomic E-state index is 12.1. The summed E-state index contributed by atoms with van der Waals surface area (Å²) in [5.74, 6) is -0.537. The third kappa shape index (κ3) is 5.50. The number of thiophene rings is 1. The number of aryl methyl sites for hydroxylation is 1. The van der Waals surface area contributed by atoms with Crippen LogP contribution in [-0.4, -0.2) is 23.4 Å². The van der Waals surface area contributed by atoms with Crippen LogP contribution in [0.25, 0.3) is 0 Å². The number of nitrogens with one attached hydrogen (secondary N) is 1. The standard InChI is InChI=1S/C17H18N2O3S2/c1-11-6-8-15(24-11)13(20)7-9-17(22)19-12-4-2-3-5-14(12)23-10-16(18)21/h2-6,8H,7,9-10H2,1H3,(H2,18,21)(H,19,22). The molecule has 0 bridgehead atoms. The van der Waals surface area contributed by atoms with Crippen molar-refractivity contribution in [2.75, 3.05) is 11.1 Å². The van der Waals surface area contributed by atoms with Gasteiger partial charge in [0.25, 0.3) is 0 Å². The van der Waals surface area contributed by atoms with Crippen LogP contribution in [0.4, 0.5) is 5.69 Å². The number of primary amides is 1. The van der Waals surface area contributed by atoms with Gasteiger partial charge in [0.1, 0.15) is 0 Å². The monoisotopic (exact) mass is 362 g/mol. The van der Waals surface area contributed by atoms with Gasteiger partial charge in [0.15, 0.2) is 5.78 Å². The minimum Gasteiger partial charge on any atom is -0.369 e. The van der Waals surface area contributed by atoms with Crippen molar-refractivity contribution in [3.05, 3.63) is 46.2 Å². The fourth-order valence-corrected chi connectivity index (χ4v) is 3.57. The zero-order valence-electron chi connectivity index (χ0n) is 13.2. The normalized spacial score (nSPS) is 10.4. The highest BCUT2D eigenvalue weighted by Crippen LogP contribution is 2.27. The second-order valence-electron chi connectivity index (χ2n) is 5.13. The Labute approximate surface area is 148 Å². The van der Waals surface area contributed by atoms with Crippen LogP contribution in [-0.2, 0) is 9.59 Å². The van der Waals surface area contributed by atoms with Gasteiger partial charge in [-0.05, 0) is 31.2 Å². The van der Waals surface area contributed by atoms with Gasteiger partial charge in [-0.25, -0.2) is 0 Å². The molecule has 1 aromatic carbocycles. The fraction of sp³-hybridized carbons (Fsp3) is 0.235. The van der Waals surface area contributed by atoms with Crippen molar-refractivity contribution in [3.8, 4) is 0 Å². The van der Waals surface area contributed by atoms with E-state index in [1.165, 1.54) is 23.1 Å². The Kier molecular flexibility index (Phi) is 6.57. The number of ketones is 1. The van der Waals surface area contributed by atoms with Crippen molar-refractivity contribution in [3.63, 3.8) is 0 Å². The summed E-state index contributed by atoms with van der Waals surface area (Å²) < 4.78 is 0. The minimum atomic E-state index is -0.419. The number of thioether (sulfide) groups is 1. The molecule has 3 N–H and O–H groups in total. The summed E-state index contributed by atoms with van der Waals surface area (Å²) in [5.41, 5.74) is 5.76. The van der Waals surface area contributed by atoms with Crippen molar-refractivity contribution in [1.82, 2.24) is 0 Å². The topological polar surface area (TPSA) is 89.3 Å². The molecule has 1 aromatic heterocycles. The molecule has 0 saturated carbocycles. The molecule has 0 atom stereocenters. The summed E-state index contributed by atoms with van der Waals surface area (Å²) in [5, 5.41) is 2.79. The molecule has 1 heterocycles. The number of benzene rings is 1. The molecule has 0 spiro atoms. The number of hydrogen-bond acceptors (Lipinski definition) is 5. The van der Waals surface area contributed by atoms with Crippen LogP contribution in [0, 0.1) is 6.92 Å². The average molecular weight is 362 g/mol. The number of nitrogens with two attached hydrogens (primary N) is 1. The van der Waals surface area contributed by atoms with Crippen molar-refractivity contribution in [2.45, 2.75) is 24.7 Å². The van der Waals surface area contributed by atoms with Crippen LogP contribution in [0.5, 0.6) is 0 Å². The van der Waals surface area contributed by atoms with E-state index < -0.39 is 5.91 Å². The zero-order valence-corrected chi connectivity index (χ0v) is 14.8. The second kappa shape index (κ2) is 8.65. The molecule has 126 valence electrons. The third-order valence-electron chi connectivity index (χ3n) is 3.13. The molecular formula is C17H18N2O3S2. The van der Waals surface area contributed by atoms with E-state index in [1.54, 1.807) is 18.2 Å². The second-order valence-corrected chi connectivity index (χ2v) is 7.44. The van der Waals surface area contributed by atoms with Crippen LogP contribution < -0.4 is 11.1 Å². The van der Waals surface area contributed by atoms with Gasteiger partial charge < -0.3 is 11.1 Å². The molecule has 0 aliphatic carbocycles. The van der Waals surface area contributed by atoms with Gasteiger partial charge in [0.05, 0.1) is 16.3 Å². The summed E-state index contributed by atoms with van der Waals surface area (Å²) in [4.78, 5) is 37.5. The lowest BCUT2D eigenvalue weighted by Gasteiger charge is -2.09. The Balaban J connectivity index is 1.90. The van der Waals surface area contributed by atoms with Crippen molar-refractivity contribution in [1.29, 1.82) is 0 Å². The van der Waals surface area contributed by atoms with Gasteiger partial charge in [-0.1, -0.05) is 12.1 Å². The van der Waals surface area contributed by atoms with Gasteiger partial charge in [-0.2, -0.15) is 0 Å². The Bertz CT molecular complexity index is 756. The highest BCUT2D eigenvalue weighted by Gasteiger charge is 2.12.